The number of carbonyl (C=O) groups is 1. The molecule has 2 N–H and O–H groups in total. The molecule has 1 rings (SSSR count). The van der Waals surface area contributed by atoms with Crippen molar-refractivity contribution in [2.45, 2.75) is 39.7 Å². The number of hydrogen-bond acceptors (Lipinski definition) is 3. The zero-order valence-electron chi connectivity index (χ0n) is 11.7. The first kappa shape index (κ1) is 14.5. The van der Waals surface area contributed by atoms with Crippen LogP contribution >= 0.6 is 0 Å². The number of hydrogen-bond donors (Lipinski definition) is 1. The van der Waals surface area contributed by atoms with Gasteiger partial charge in [-0.2, -0.15) is 0 Å². The summed E-state index contributed by atoms with van der Waals surface area (Å²) in [5, 5.41) is 0. The first-order valence-electron chi connectivity index (χ1n) is 6.64. The van der Waals surface area contributed by atoms with Gasteiger partial charge < -0.3 is 10.6 Å². The number of nitrogens with two attached hydrogens (primary N) is 1. The number of rotatable bonds is 3. The van der Waals surface area contributed by atoms with E-state index in [1.54, 1.807) is 0 Å². The van der Waals surface area contributed by atoms with Crippen molar-refractivity contribution in [2.75, 3.05) is 32.7 Å². The Morgan fingerprint density at radius 2 is 1.76 bits per heavy atom. The highest BCUT2D eigenvalue weighted by Gasteiger charge is 2.29. The summed E-state index contributed by atoms with van der Waals surface area (Å²) in [5.41, 5.74) is 5.83. The molecule has 0 aromatic carbocycles. The lowest BCUT2D eigenvalue weighted by Crippen LogP contribution is -2.55. The quantitative estimate of drug-likeness (QED) is 0.799. The van der Waals surface area contributed by atoms with Gasteiger partial charge in [0, 0.05) is 38.3 Å². The standard InChI is InChI=1S/C13H27N3O/c1-5-11(10-14)12(17)15-6-8-16(9-7-15)13(2,3)4/h11H,5-10,14H2,1-4H3. The molecule has 1 fully saturated rings. The van der Waals surface area contributed by atoms with Gasteiger partial charge in [0.2, 0.25) is 5.91 Å². The summed E-state index contributed by atoms with van der Waals surface area (Å²) in [4.78, 5) is 16.6. The molecule has 1 saturated heterocycles. The maximum atomic E-state index is 12.1. The van der Waals surface area contributed by atoms with Crippen LogP contribution in [0, 0.1) is 5.92 Å². The Hall–Kier alpha value is -0.610. The van der Waals surface area contributed by atoms with E-state index in [2.05, 4.69) is 25.7 Å². The second kappa shape index (κ2) is 5.83. The SMILES string of the molecule is CCC(CN)C(=O)N1CCN(C(C)(C)C)CC1. The molecule has 1 aliphatic heterocycles. The smallest absolute Gasteiger partial charge is 0.227 e. The van der Waals surface area contributed by atoms with Crippen molar-refractivity contribution in [3.05, 3.63) is 0 Å². The lowest BCUT2D eigenvalue weighted by atomic mass is 10.0. The van der Waals surface area contributed by atoms with Crippen LogP contribution in [0.25, 0.3) is 0 Å². The maximum absolute atomic E-state index is 12.1. The molecule has 4 heteroatoms. The van der Waals surface area contributed by atoms with Gasteiger partial charge in [-0.05, 0) is 27.2 Å². The topological polar surface area (TPSA) is 49.6 Å². The van der Waals surface area contributed by atoms with E-state index in [4.69, 9.17) is 5.73 Å². The molecule has 17 heavy (non-hydrogen) atoms. The van der Waals surface area contributed by atoms with E-state index in [9.17, 15) is 4.79 Å². The number of nitrogens with zero attached hydrogens (tertiary/aromatic N) is 2. The summed E-state index contributed by atoms with van der Waals surface area (Å²) in [5.74, 6) is 0.250. The molecule has 0 saturated carbocycles. The summed E-state index contributed by atoms with van der Waals surface area (Å²) in [7, 11) is 0. The van der Waals surface area contributed by atoms with Crippen LogP contribution in [-0.2, 0) is 4.79 Å². The lowest BCUT2D eigenvalue weighted by molar-refractivity contribution is -0.137. The molecule has 1 atom stereocenters. The van der Waals surface area contributed by atoms with Crippen LogP contribution in [0.1, 0.15) is 34.1 Å². The van der Waals surface area contributed by atoms with Crippen molar-refractivity contribution in [2.24, 2.45) is 11.7 Å². The van der Waals surface area contributed by atoms with Crippen molar-refractivity contribution < 1.29 is 4.79 Å². The monoisotopic (exact) mass is 241 g/mol. The highest BCUT2D eigenvalue weighted by Crippen LogP contribution is 2.17. The van der Waals surface area contributed by atoms with E-state index < -0.39 is 0 Å². The van der Waals surface area contributed by atoms with E-state index in [0.717, 1.165) is 32.6 Å². The zero-order valence-corrected chi connectivity index (χ0v) is 11.7. The Labute approximate surface area is 105 Å². The van der Waals surface area contributed by atoms with Gasteiger partial charge in [0.15, 0.2) is 0 Å². The molecule has 1 unspecified atom stereocenters. The van der Waals surface area contributed by atoms with Crippen LogP contribution in [0.5, 0.6) is 0 Å². The van der Waals surface area contributed by atoms with Gasteiger partial charge >= 0.3 is 0 Å². The van der Waals surface area contributed by atoms with Crippen molar-refractivity contribution in [3.63, 3.8) is 0 Å². The van der Waals surface area contributed by atoms with Gasteiger partial charge in [-0.15, -0.1) is 0 Å². The summed E-state index contributed by atoms with van der Waals surface area (Å²) in [6.45, 7) is 12.8. The van der Waals surface area contributed by atoms with Gasteiger partial charge in [-0.3, -0.25) is 9.69 Å². The molecule has 0 aliphatic carbocycles. The van der Waals surface area contributed by atoms with E-state index in [0.29, 0.717) is 6.54 Å². The van der Waals surface area contributed by atoms with E-state index in [-0.39, 0.29) is 17.4 Å². The van der Waals surface area contributed by atoms with Crippen molar-refractivity contribution in [1.29, 1.82) is 0 Å². The largest absolute Gasteiger partial charge is 0.340 e. The molecule has 0 aromatic heterocycles. The van der Waals surface area contributed by atoms with Gasteiger partial charge in [0.25, 0.3) is 0 Å². The fraction of sp³-hybridized carbons (Fsp3) is 0.923. The average molecular weight is 241 g/mol. The van der Waals surface area contributed by atoms with Crippen molar-refractivity contribution in [1.82, 2.24) is 9.80 Å². The molecular formula is C13H27N3O. The second-order valence-corrected chi connectivity index (χ2v) is 5.82. The lowest BCUT2D eigenvalue weighted by Gasteiger charge is -2.42. The predicted molar refractivity (Wildman–Crippen MR) is 70.7 cm³/mol. The van der Waals surface area contributed by atoms with E-state index >= 15 is 0 Å². The van der Waals surface area contributed by atoms with Crippen LogP contribution in [0.15, 0.2) is 0 Å². The average Bonchev–Trinajstić information content (AvgIpc) is 2.29. The molecule has 0 spiro atoms. The molecule has 100 valence electrons. The maximum Gasteiger partial charge on any atom is 0.227 e. The molecule has 0 bridgehead atoms. The minimum Gasteiger partial charge on any atom is -0.340 e. The molecule has 4 nitrogen and oxygen atoms in total. The van der Waals surface area contributed by atoms with Crippen LogP contribution in [-0.4, -0.2) is 54.0 Å². The third-order valence-corrected chi connectivity index (χ3v) is 3.67. The van der Waals surface area contributed by atoms with E-state index in [1.807, 2.05) is 11.8 Å². The van der Waals surface area contributed by atoms with Crippen molar-refractivity contribution >= 4 is 5.91 Å². The Balaban J connectivity index is 2.49. The summed E-state index contributed by atoms with van der Waals surface area (Å²) < 4.78 is 0. The first-order valence-corrected chi connectivity index (χ1v) is 6.64. The highest BCUT2D eigenvalue weighted by molar-refractivity contribution is 5.79. The highest BCUT2D eigenvalue weighted by atomic mass is 16.2. The van der Waals surface area contributed by atoms with Gasteiger partial charge in [-0.1, -0.05) is 6.92 Å². The van der Waals surface area contributed by atoms with E-state index in [1.165, 1.54) is 0 Å². The van der Waals surface area contributed by atoms with Crippen LogP contribution in [0.3, 0.4) is 0 Å². The minimum absolute atomic E-state index is 0.0104. The fourth-order valence-corrected chi connectivity index (χ4v) is 2.30. The summed E-state index contributed by atoms with van der Waals surface area (Å²) in [6.07, 6.45) is 0.842. The van der Waals surface area contributed by atoms with Crippen LogP contribution in [0.2, 0.25) is 0 Å². The molecule has 1 aliphatic rings. The minimum atomic E-state index is 0.0104. The fourth-order valence-electron chi connectivity index (χ4n) is 2.30. The Morgan fingerprint density at radius 3 is 2.12 bits per heavy atom. The van der Waals surface area contributed by atoms with Crippen molar-refractivity contribution in [3.8, 4) is 0 Å². The zero-order chi connectivity index (χ0) is 13.1. The molecule has 1 amide bonds. The van der Waals surface area contributed by atoms with Crippen LogP contribution < -0.4 is 5.73 Å². The Kier molecular flexibility index (Phi) is 4.95. The third-order valence-electron chi connectivity index (χ3n) is 3.67. The number of carbonyl (C=O) groups excluding carboxylic acids is 1. The second-order valence-electron chi connectivity index (χ2n) is 5.82. The number of amides is 1. The molecular weight excluding hydrogens is 214 g/mol. The van der Waals surface area contributed by atoms with Gasteiger partial charge in [0.05, 0.1) is 5.92 Å². The third kappa shape index (κ3) is 3.68. The number of piperazine rings is 1. The first-order chi connectivity index (χ1) is 7.90. The summed E-state index contributed by atoms with van der Waals surface area (Å²) in [6, 6.07) is 0. The normalized spacial score (nSPS) is 20.4. The van der Waals surface area contributed by atoms with Gasteiger partial charge in [-0.25, -0.2) is 0 Å². The summed E-state index contributed by atoms with van der Waals surface area (Å²) >= 11 is 0. The molecule has 1 heterocycles. The Morgan fingerprint density at radius 1 is 1.24 bits per heavy atom. The van der Waals surface area contributed by atoms with Crippen LogP contribution in [0.4, 0.5) is 0 Å². The molecule has 0 radical (unpaired) electrons. The Bertz CT molecular complexity index is 248. The molecule has 0 aromatic rings. The van der Waals surface area contributed by atoms with Gasteiger partial charge in [0.1, 0.15) is 0 Å². The predicted octanol–water partition coefficient (Wildman–Crippen LogP) is 0.914.